The number of nitrogens with one attached hydrogen (secondary N) is 1. The second-order valence-electron chi connectivity index (χ2n) is 6.47. The van der Waals surface area contributed by atoms with Gasteiger partial charge >= 0.3 is 5.97 Å². The highest BCUT2D eigenvalue weighted by atomic mass is 32.2. The molecule has 21 heavy (non-hydrogen) atoms. The molecule has 0 saturated carbocycles. The van der Waals surface area contributed by atoms with Gasteiger partial charge in [-0.1, -0.05) is 46.0 Å². The predicted octanol–water partition coefficient (Wildman–Crippen LogP) is 2.76. The summed E-state index contributed by atoms with van der Waals surface area (Å²) in [6.45, 7) is 9.92. The lowest BCUT2D eigenvalue weighted by Gasteiger charge is -2.36. The van der Waals surface area contributed by atoms with Gasteiger partial charge in [-0.25, -0.2) is 17.6 Å². The zero-order valence-electron chi connectivity index (χ0n) is 13.4. The number of sulfonamides is 1. The molecule has 0 atom stereocenters. The Hall–Kier alpha value is -1.18. The summed E-state index contributed by atoms with van der Waals surface area (Å²) in [5, 5.41) is -0.153. The van der Waals surface area contributed by atoms with Crippen molar-refractivity contribution < 1.29 is 17.9 Å². The van der Waals surface area contributed by atoms with E-state index in [4.69, 9.17) is 0 Å². The third-order valence-corrected chi connectivity index (χ3v) is 11.6. The molecule has 7 heteroatoms. The standard InChI is InChI=1S/C14H23NO4SSi/c1-14(2,3)21(5,6)15-20(17,18)12-10-8-7-9-11(12)13(16)19-4/h7-10,15H,1-6H3. The molecule has 0 amide bonds. The van der Waals surface area contributed by atoms with Crippen molar-refractivity contribution in [1.82, 2.24) is 4.39 Å². The second kappa shape index (κ2) is 5.90. The van der Waals surface area contributed by atoms with Crippen LogP contribution in [0.4, 0.5) is 0 Å². The summed E-state index contributed by atoms with van der Waals surface area (Å²) in [6, 6.07) is 6.07. The van der Waals surface area contributed by atoms with E-state index < -0.39 is 24.2 Å². The number of methoxy groups -OCH3 is 1. The molecule has 1 aromatic carbocycles. The van der Waals surface area contributed by atoms with Crippen LogP contribution in [0, 0.1) is 0 Å². The van der Waals surface area contributed by atoms with Crippen molar-refractivity contribution in [3.8, 4) is 0 Å². The summed E-state index contributed by atoms with van der Waals surface area (Å²) in [5.41, 5.74) is 0.0474. The fourth-order valence-corrected chi connectivity index (χ4v) is 6.57. The van der Waals surface area contributed by atoms with E-state index in [9.17, 15) is 13.2 Å². The van der Waals surface area contributed by atoms with Crippen LogP contribution < -0.4 is 4.39 Å². The minimum absolute atomic E-state index is 0.0401. The Morgan fingerprint density at radius 2 is 1.71 bits per heavy atom. The molecule has 1 aromatic rings. The highest BCUT2D eigenvalue weighted by molar-refractivity contribution is 7.91. The number of benzene rings is 1. The van der Waals surface area contributed by atoms with E-state index in [1.54, 1.807) is 12.1 Å². The Labute approximate surface area is 127 Å². The molecule has 5 nitrogen and oxygen atoms in total. The van der Waals surface area contributed by atoms with Crippen molar-refractivity contribution in [3.05, 3.63) is 29.8 Å². The monoisotopic (exact) mass is 329 g/mol. The summed E-state index contributed by atoms with van der Waals surface area (Å²) in [5.74, 6) is -0.661. The lowest BCUT2D eigenvalue weighted by Crippen LogP contribution is -2.54. The third kappa shape index (κ3) is 3.93. The smallest absolute Gasteiger partial charge is 0.339 e. The summed E-state index contributed by atoms with van der Waals surface area (Å²) in [6.07, 6.45) is 0. The van der Waals surface area contributed by atoms with Crippen molar-refractivity contribution in [1.29, 1.82) is 0 Å². The van der Waals surface area contributed by atoms with Crippen LogP contribution in [-0.4, -0.2) is 29.7 Å². The Morgan fingerprint density at radius 3 is 2.19 bits per heavy atom. The van der Waals surface area contributed by atoms with Crippen LogP contribution in [0.1, 0.15) is 31.1 Å². The Balaban J connectivity index is 3.31. The number of hydrogen-bond acceptors (Lipinski definition) is 4. The molecule has 0 radical (unpaired) electrons. The van der Waals surface area contributed by atoms with Crippen molar-refractivity contribution >= 4 is 24.2 Å². The highest BCUT2D eigenvalue weighted by Crippen LogP contribution is 2.35. The van der Waals surface area contributed by atoms with Crippen molar-refractivity contribution in [2.24, 2.45) is 0 Å². The molecular weight excluding hydrogens is 306 g/mol. The quantitative estimate of drug-likeness (QED) is 0.681. The van der Waals surface area contributed by atoms with Gasteiger partial charge in [0.1, 0.15) is 8.24 Å². The first-order valence-corrected chi connectivity index (χ1v) is 11.1. The van der Waals surface area contributed by atoms with Crippen LogP contribution >= 0.6 is 0 Å². The molecule has 0 heterocycles. The molecule has 0 spiro atoms. The normalized spacial score (nSPS) is 13.0. The van der Waals surface area contributed by atoms with E-state index in [-0.39, 0.29) is 15.5 Å². The Morgan fingerprint density at radius 1 is 1.19 bits per heavy atom. The molecule has 118 valence electrons. The summed E-state index contributed by atoms with van der Waals surface area (Å²) < 4.78 is 32.8. The van der Waals surface area contributed by atoms with Gasteiger partial charge in [0.05, 0.1) is 17.6 Å². The van der Waals surface area contributed by atoms with Crippen molar-refractivity contribution in [2.45, 2.75) is 43.8 Å². The zero-order chi connectivity index (χ0) is 16.5. The van der Waals surface area contributed by atoms with Crippen LogP contribution in [-0.2, 0) is 14.8 Å². The van der Waals surface area contributed by atoms with Gasteiger partial charge in [-0.3, -0.25) is 0 Å². The molecular formula is C14H23NO4SSi. The Kier molecular flexibility index (Phi) is 5.02. The number of esters is 1. The highest BCUT2D eigenvalue weighted by Gasteiger charge is 2.40. The van der Waals surface area contributed by atoms with Crippen molar-refractivity contribution in [2.75, 3.05) is 7.11 Å². The molecule has 0 bridgehead atoms. The number of rotatable bonds is 4. The summed E-state index contributed by atoms with van der Waals surface area (Å²) >= 11 is 0. The topological polar surface area (TPSA) is 72.5 Å². The molecule has 0 aliphatic carbocycles. The van der Waals surface area contributed by atoms with Gasteiger partial charge in [0.15, 0.2) is 0 Å². The third-order valence-electron chi connectivity index (χ3n) is 3.85. The molecule has 0 saturated heterocycles. The molecule has 1 rings (SSSR count). The molecule has 0 aromatic heterocycles. The maximum atomic E-state index is 12.7. The number of hydrogen-bond donors (Lipinski definition) is 1. The zero-order valence-corrected chi connectivity index (χ0v) is 15.2. The minimum Gasteiger partial charge on any atom is -0.465 e. The second-order valence-corrected chi connectivity index (χ2v) is 13.5. The predicted molar refractivity (Wildman–Crippen MR) is 85.3 cm³/mol. The van der Waals surface area contributed by atoms with E-state index in [0.29, 0.717) is 0 Å². The van der Waals surface area contributed by atoms with E-state index in [2.05, 4.69) is 9.12 Å². The number of carbonyl (C=O) groups excluding carboxylic acids is 1. The summed E-state index contributed by atoms with van der Waals surface area (Å²) in [4.78, 5) is 11.7. The fraction of sp³-hybridized carbons (Fsp3) is 0.500. The van der Waals surface area contributed by atoms with Crippen LogP contribution in [0.2, 0.25) is 18.1 Å². The lowest BCUT2D eigenvalue weighted by atomic mass is 10.2. The number of carbonyl (C=O) groups is 1. The lowest BCUT2D eigenvalue weighted by molar-refractivity contribution is 0.0596. The maximum absolute atomic E-state index is 12.7. The van der Waals surface area contributed by atoms with Crippen molar-refractivity contribution in [3.63, 3.8) is 0 Å². The van der Waals surface area contributed by atoms with Crippen LogP contribution in [0.15, 0.2) is 29.2 Å². The van der Waals surface area contributed by atoms with E-state index in [0.717, 1.165) is 0 Å². The molecule has 0 aliphatic heterocycles. The van der Waals surface area contributed by atoms with Gasteiger partial charge in [0, 0.05) is 0 Å². The van der Waals surface area contributed by atoms with Gasteiger partial charge in [0.2, 0.25) is 10.0 Å². The summed E-state index contributed by atoms with van der Waals surface area (Å²) in [7, 11) is -4.83. The maximum Gasteiger partial charge on any atom is 0.339 e. The van der Waals surface area contributed by atoms with Crippen LogP contribution in [0.25, 0.3) is 0 Å². The van der Waals surface area contributed by atoms with Gasteiger partial charge in [0.25, 0.3) is 0 Å². The fourth-order valence-electron chi connectivity index (χ4n) is 1.52. The first kappa shape index (κ1) is 17.9. The first-order chi connectivity index (χ1) is 9.42. The van der Waals surface area contributed by atoms with Gasteiger partial charge in [-0.05, 0) is 17.2 Å². The number of ether oxygens (including phenoxy) is 1. The minimum atomic E-state index is -3.78. The van der Waals surface area contributed by atoms with E-state index >= 15 is 0 Å². The van der Waals surface area contributed by atoms with Crippen LogP contribution in [0.3, 0.4) is 0 Å². The van der Waals surface area contributed by atoms with E-state index in [1.807, 2.05) is 33.9 Å². The molecule has 0 unspecified atom stereocenters. The van der Waals surface area contributed by atoms with Crippen LogP contribution in [0.5, 0.6) is 0 Å². The molecule has 0 aliphatic rings. The Bertz CT molecular complexity index is 633. The van der Waals surface area contributed by atoms with Gasteiger partial charge in [-0.15, -0.1) is 0 Å². The SMILES string of the molecule is COC(=O)c1ccccc1S(=O)(=O)N[Si](C)(C)C(C)(C)C. The van der Waals surface area contributed by atoms with Gasteiger partial charge < -0.3 is 4.74 Å². The molecule has 0 fully saturated rings. The van der Waals surface area contributed by atoms with E-state index in [1.165, 1.54) is 19.2 Å². The molecule has 1 N–H and O–H groups in total. The van der Waals surface area contributed by atoms with Gasteiger partial charge in [-0.2, -0.15) is 0 Å². The average molecular weight is 329 g/mol. The first-order valence-electron chi connectivity index (χ1n) is 6.64. The largest absolute Gasteiger partial charge is 0.465 e. The average Bonchev–Trinajstić information content (AvgIpc) is 2.35.